The molecule has 0 bridgehead atoms. The molecule has 1 aromatic heterocycles. The fraction of sp³-hybridized carbons (Fsp3) is 0.280. The molecule has 0 fully saturated rings. The summed E-state index contributed by atoms with van der Waals surface area (Å²) in [6.07, 6.45) is 1.76. The van der Waals surface area contributed by atoms with Crippen molar-refractivity contribution in [2.75, 3.05) is 25.6 Å². The van der Waals surface area contributed by atoms with Crippen molar-refractivity contribution < 1.29 is 14.2 Å². The Bertz CT molecular complexity index is 1020. The van der Waals surface area contributed by atoms with Crippen molar-refractivity contribution in [2.45, 2.75) is 27.0 Å². The highest BCUT2D eigenvalue weighted by Gasteiger charge is 2.07. The quantitative estimate of drug-likeness (QED) is 0.200. The summed E-state index contributed by atoms with van der Waals surface area (Å²) in [5, 5.41) is 6.60. The number of benzene rings is 2. The van der Waals surface area contributed by atoms with Gasteiger partial charge in [-0.05, 0) is 55.8 Å². The minimum atomic E-state index is 0. The van der Waals surface area contributed by atoms with Crippen LogP contribution in [0.25, 0.3) is 0 Å². The van der Waals surface area contributed by atoms with E-state index in [9.17, 15) is 0 Å². The first-order valence-corrected chi connectivity index (χ1v) is 10.7. The summed E-state index contributed by atoms with van der Waals surface area (Å²) in [4.78, 5) is 9.00. The number of aromatic nitrogens is 1. The van der Waals surface area contributed by atoms with E-state index in [1.165, 1.54) is 0 Å². The highest BCUT2D eigenvalue weighted by molar-refractivity contribution is 14.0. The predicted octanol–water partition coefficient (Wildman–Crippen LogP) is 5.26. The highest BCUT2D eigenvalue weighted by atomic mass is 127. The largest absolute Gasteiger partial charge is 0.493 e. The molecule has 2 aromatic carbocycles. The first-order valence-electron chi connectivity index (χ1n) is 10.7. The van der Waals surface area contributed by atoms with Crippen LogP contribution in [0, 0.1) is 0 Å². The number of hydrogen-bond acceptors (Lipinski definition) is 5. The second kappa shape index (κ2) is 14.2. The molecule has 0 aliphatic heterocycles. The van der Waals surface area contributed by atoms with Crippen molar-refractivity contribution in [1.82, 2.24) is 10.3 Å². The maximum atomic E-state index is 5.87. The van der Waals surface area contributed by atoms with E-state index in [2.05, 4.69) is 15.6 Å². The molecular weight excluding hydrogens is 531 g/mol. The SMILES string of the molecule is CCNC(=NCc1cccc(OCc2ccccn2)c1)Nc1ccc(OC)c(OCC)c1.I. The Kier molecular flexibility index (Phi) is 11.3. The van der Waals surface area contributed by atoms with Gasteiger partial charge in [-0.3, -0.25) is 4.98 Å². The fourth-order valence-corrected chi connectivity index (χ4v) is 3.01. The van der Waals surface area contributed by atoms with E-state index in [0.717, 1.165) is 29.2 Å². The van der Waals surface area contributed by atoms with Gasteiger partial charge in [-0.15, -0.1) is 24.0 Å². The minimum absolute atomic E-state index is 0. The lowest BCUT2D eigenvalue weighted by Crippen LogP contribution is -2.30. The predicted molar refractivity (Wildman–Crippen MR) is 143 cm³/mol. The maximum absolute atomic E-state index is 5.87. The molecule has 7 nitrogen and oxygen atoms in total. The Morgan fingerprint density at radius 1 is 0.970 bits per heavy atom. The second-order valence-electron chi connectivity index (χ2n) is 6.88. The molecule has 2 N–H and O–H groups in total. The van der Waals surface area contributed by atoms with Crippen LogP contribution in [0.1, 0.15) is 25.1 Å². The smallest absolute Gasteiger partial charge is 0.196 e. The molecule has 0 saturated heterocycles. The molecule has 0 radical (unpaired) electrons. The van der Waals surface area contributed by atoms with Crippen molar-refractivity contribution in [2.24, 2.45) is 4.99 Å². The van der Waals surface area contributed by atoms with Gasteiger partial charge in [0.1, 0.15) is 12.4 Å². The van der Waals surface area contributed by atoms with Crippen LogP contribution in [0.4, 0.5) is 5.69 Å². The fourth-order valence-electron chi connectivity index (χ4n) is 3.01. The van der Waals surface area contributed by atoms with E-state index < -0.39 is 0 Å². The standard InChI is InChI=1S/C25H30N4O3.HI/c1-4-26-25(29-20-12-13-23(30-3)24(16-20)31-5-2)28-17-19-9-8-11-22(15-19)32-18-21-10-6-7-14-27-21;/h6-16H,4-5,17-18H2,1-3H3,(H2,26,28,29);1H. The first kappa shape index (κ1) is 26.2. The molecular formula is C25H31IN4O3. The molecule has 0 saturated carbocycles. The van der Waals surface area contributed by atoms with Crippen LogP contribution in [0.2, 0.25) is 0 Å². The molecule has 0 atom stereocenters. The third-order valence-electron chi connectivity index (χ3n) is 4.50. The monoisotopic (exact) mass is 562 g/mol. The van der Waals surface area contributed by atoms with Gasteiger partial charge in [-0.1, -0.05) is 18.2 Å². The zero-order valence-electron chi connectivity index (χ0n) is 19.2. The van der Waals surface area contributed by atoms with E-state index in [0.29, 0.717) is 37.2 Å². The van der Waals surface area contributed by atoms with Gasteiger partial charge in [0, 0.05) is 24.5 Å². The van der Waals surface area contributed by atoms with Crippen molar-refractivity contribution in [3.63, 3.8) is 0 Å². The van der Waals surface area contributed by atoms with Gasteiger partial charge in [0.15, 0.2) is 17.5 Å². The summed E-state index contributed by atoms with van der Waals surface area (Å²) in [5.41, 5.74) is 2.80. The number of hydrogen-bond donors (Lipinski definition) is 2. The van der Waals surface area contributed by atoms with E-state index in [-0.39, 0.29) is 24.0 Å². The van der Waals surface area contributed by atoms with Gasteiger partial charge in [0.05, 0.1) is 26.0 Å². The number of nitrogens with one attached hydrogen (secondary N) is 2. The Labute approximate surface area is 212 Å². The zero-order chi connectivity index (χ0) is 22.6. The maximum Gasteiger partial charge on any atom is 0.196 e. The summed E-state index contributed by atoms with van der Waals surface area (Å²) in [5.74, 6) is 2.85. The van der Waals surface area contributed by atoms with Gasteiger partial charge in [0.2, 0.25) is 0 Å². The van der Waals surface area contributed by atoms with Gasteiger partial charge in [-0.25, -0.2) is 4.99 Å². The average Bonchev–Trinajstić information content (AvgIpc) is 2.83. The number of methoxy groups -OCH3 is 1. The van der Waals surface area contributed by atoms with Crippen LogP contribution < -0.4 is 24.8 Å². The summed E-state index contributed by atoms with van der Waals surface area (Å²) in [7, 11) is 1.63. The Morgan fingerprint density at radius 2 is 1.85 bits per heavy atom. The lowest BCUT2D eigenvalue weighted by Gasteiger charge is -2.14. The number of rotatable bonds is 10. The third kappa shape index (κ3) is 8.45. The average molecular weight is 562 g/mol. The van der Waals surface area contributed by atoms with Crippen LogP contribution in [0.5, 0.6) is 17.2 Å². The topological polar surface area (TPSA) is 77.0 Å². The molecule has 0 aliphatic carbocycles. The molecule has 3 rings (SSSR count). The van der Waals surface area contributed by atoms with E-state index in [1.807, 2.05) is 74.5 Å². The van der Waals surface area contributed by atoms with E-state index in [4.69, 9.17) is 19.2 Å². The Morgan fingerprint density at radius 3 is 2.58 bits per heavy atom. The van der Waals surface area contributed by atoms with Crippen LogP contribution in [-0.4, -0.2) is 31.2 Å². The molecule has 0 spiro atoms. The lowest BCUT2D eigenvalue weighted by molar-refractivity contribution is 0.301. The number of ether oxygens (including phenoxy) is 3. The van der Waals surface area contributed by atoms with Crippen molar-refractivity contribution in [1.29, 1.82) is 0 Å². The molecule has 0 amide bonds. The van der Waals surface area contributed by atoms with Gasteiger partial charge >= 0.3 is 0 Å². The summed E-state index contributed by atoms with van der Waals surface area (Å²) >= 11 is 0. The third-order valence-corrected chi connectivity index (χ3v) is 4.50. The molecule has 176 valence electrons. The molecule has 0 unspecified atom stereocenters. The first-order chi connectivity index (χ1) is 15.7. The van der Waals surface area contributed by atoms with Crippen LogP contribution in [-0.2, 0) is 13.2 Å². The zero-order valence-corrected chi connectivity index (χ0v) is 21.5. The molecule has 1 heterocycles. The number of aliphatic imine (C=N–C) groups is 1. The van der Waals surface area contributed by atoms with Crippen molar-refractivity contribution in [3.8, 4) is 17.2 Å². The van der Waals surface area contributed by atoms with Gasteiger partial charge in [0.25, 0.3) is 0 Å². The van der Waals surface area contributed by atoms with E-state index >= 15 is 0 Å². The Balaban J connectivity index is 0.00000385. The number of pyridine rings is 1. The lowest BCUT2D eigenvalue weighted by atomic mass is 10.2. The number of guanidine groups is 1. The van der Waals surface area contributed by atoms with Gasteiger partial charge < -0.3 is 24.8 Å². The molecule has 33 heavy (non-hydrogen) atoms. The molecule has 3 aromatic rings. The number of nitrogens with zero attached hydrogens (tertiary/aromatic N) is 2. The van der Waals surface area contributed by atoms with Crippen molar-refractivity contribution >= 4 is 35.6 Å². The van der Waals surface area contributed by atoms with Crippen LogP contribution >= 0.6 is 24.0 Å². The van der Waals surface area contributed by atoms with Crippen LogP contribution in [0.15, 0.2) is 71.9 Å². The second-order valence-corrected chi connectivity index (χ2v) is 6.88. The summed E-state index contributed by atoms with van der Waals surface area (Å²) in [6.45, 7) is 6.21. The van der Waals surface area contributed by atoms with Gasteiger partial charge in [-0.2, -0.15) is 0 Å². The summed E-state index contributed by atoms with van der Waals surface area (Å²) in [6, 6.07) is 19.4. The molecule has 8 heteroatoms. The highest BCUT2D eigenvalue weighted by Crippen LogP contribution is 2.30. The summed E-state index contributed by atoms with van der Waals surface area (Å²) < 4.78 is 16.9. The van der Waals surface area contributed by atoms with Crippen molar-refractivity contribution in [3.05, 3.63) is 78.1 Å². The normalized spacial score (nSPS) is 10.7. The van der Waals surface area contributed by atoms with E-state index in [1.54, 1.807) is 13.3 Å². The Hall–Kier alpha value is -3.01. The number of halogens is 1. The van der Waals surface area contributed by atoms with Crippen LogP contribution in [0.3, 0.4) is 0 Å². The number of anilines is 1. The molecule has 0 aliphatic rings. The minimum Gasteiger partial charge on any atom is -0.493 e.